The molecule has 1 saturated heterocycles. The van der Waals surface area contributed by atoms with E-state index in [0.29, 0.717) is 46.2 Å². The Morgan fingerprint density at radius 1 is 0.941 bits per heavy atom. The van der Waals surface area contributed by atoms with E-state index in [2.05, 4.69) is 4.90 Å². The van der Waals surface area contributed by atoms with Gasteiger partial charge < -0.3 is 19.3 Å². The Bertz CT molecular complexity index is 1170. The molecule has 1 heterocycles. The molecule has 0 N–H and O–H groups in total. The second kappa shape index (κ2) is 10.8. The first-order chi connectivity index (χ1) is 16.4. The maximum atomic E-state index is 13.4. The average Bonchev–Trinajstić information content (AvgIpc) is 2.84. The molecule has 34 heavy (non-hydrogen) atoms. The van der Waals surface area contributed by atoms with Gasteiger partial charge in [0, 0.05) is 35.2 Å². The number of hydrogen-bond acceptors (Lipinski definition) is 4. The number of benzene rings is 3. The number of methoxy groups -OCH3 is 2. The minimum absolute atomic E-state index is 0.0207. The van der Waals surface area contributed by atoms with Crippen molar-refractivity contribution in [3.8, 4) is 11.5 Å². The zero-order valence-electron chi connectivity index (χ0n) is 18.9. The molecule has 3 aromatic rings. The third-order valence-electron chi connectivity index (χ3n) is 6.03. The molecular weight excluding hydrogens is 495 g/mol. The van der Waals surface area contributed by atoms with Crippen LogP contribution in [0.25, 0.3) is 0 Å². The third-order valence-corrected chi connectivity index (χ3v) is 6.82. The van der Waals surface area contributed by atoms with Crippen LogP contribution in [0.5, 0.6) is 11.5 Å². The van der Waals surface area contributed by atoms with Gasteiger partial charge in [-0.1, -0.05) is 59.1 Å². The molecule has 1 amide bonds. The summed E-state index contributed by atoms with van der Waals surface area (Å²) in [5, 5.41) is 1.82. The van der Waals surface area contributed by atoms with Gasteiger partial charge in [-0.3, -0.25) is 4.79 Å². The number of rotatable bonds is 6. The number of ether oxygens (including phenoxy) is 2. The van der Waals surface area contributed by atoms with Crippen LogP contribution in [0, 0.1) is 0 Å². The fourth-order valence-electron chi connectivity index (χ4n) is 4.35. The Balaban J connectivity index is 1.61. The smallest absolute Gasteiger partial charge is 0.227 e. The van der Waals surface area contributed by atoms with E-state index < -0.39 is 0 Å². The highest BCUT2D eigenvalue weighted by molar-refractivity contribution is 6.36. The van der Waals surface area contributed by atoms with Crippen molar-refractivity contribution < 1.29 is 14.3 Å². The third kappa shape index (κ3) is 5.22. The molecule has 0 aliphatic carbocycles. The Hall–Kier alpha value is -2.60. The fourth-order valence-corrected chi connectivity index (χ4v) is 4.99. The van der Waals surface area contributed by atoms with Gasteiger partial charge >= 0.3 is 0 Å². The molecule has 4 rings (SSSR count). The van der Waals surface area contributed by atoms with Crippen LogP contribution in [0.15, 0.2) is 60.7 Å². The summed E-state index contributed by atoms with van der Waals surface area (Å²) in [5.41, 5.74) is 2.72. The molecule has 3 aromatic carbocycles. The van der Waals surface area contributed by atoms with E-state index in [-0.39, 0.29) is 18.4 Å². The molecule has 0 radical (unpaired) electrons. The summed E-state index contributed by atoms with van der Waals surface area (Å²) < 4.78 is 10.9. The zero-order chi connectivity index (χ0) is 24.2. The number of halogens is 3. The molecule has 8 heteroatoms. The monoisotopic (exact) mass is 518 g/mol. The van der Waals surface area contributed by atoms with Gasteiger partial charge in [0.05, 0.1) is 37.4 Å². The van der Waals surface area contributed by atoms with Crippen molar-refractivity contribution in [1.82, 2.24) is 4.90 Å². The van der Waals surface area contributed by atoms with Crippen LogP contribution in [-0.2, 0) is 11.2 Å². The van der Waals surface area contributed by atoms with E-state index in [1.807, 2.05) is 59.5 Å². The molecule has 0 aromatic heterocycles. The van der Waals surface area contributed by atoms with E-state index >= 15 is 0 Å². The Morgan fingerprint density at radius 2 is 1.68 bits per heavy atom. The molecule has 5 nitrogen and oxygen atoms in total. The quantitative estimate of drug-likeness (QED) is 0.383. The minimum Gasteiger partial charge on any atom is -0.493 e. The maximum absolute atomic E-state index is 13.4. The lowest BCUT2D eigenvalue weighted by Crippen LogP contribution is -2.51. The number of piperazine rings is 1. The van der Waals surface area contributed by atoms with Crippen LogP contribution in [0.3, 0.4) is 0 Å². The van der Waals surface area contributed by atoms with Crippen molar-refractivity contribution in [3.05, 3.63) is 86.9 Å². The first kappa shape index (κ1) is 24.5. The van der Waals surface area contributed by atoms with E-state index in [1.165, 1.54) is 0 Å². The lowest BCUT2D eigenvalue weighted by atomic mass is 10.0. The van der Waals surface area contributed by atoms with Crippen molar-refractivity contribution in [3.63, 3.8) is 0 Å². The highest BCUT2D eigenvalue weighted by atomic mass is 35.5. The normalized spacial score (nSPS) is 15.9. The van der Waals surface area contributed by atoms with Crippen molar-refractivity contribution in [2.45, 2.75) is 12.5 Å². The van der Waals surface area contributed by atoms with Crippen LogP contribution >= 0.6 is 34.8 Å². The summed E-state index contributed by atoms with van der Waals surface area (Å²) in [4.78, 5) is 17.5. The van der Waals surface area contributed by atoms with Gasteiger partial charge in [0.25, 0.3) is 0 Å². The predicted molar refractivity (Wildman–Crippen MR) is 138 cm³/mol. The Labute approximate surface area is 214 Å². The van der Waals surface area contributed by atoms with Crippen molar-refractivity contribution >= 4 is 46.4 Å². The number of nitrogens with zero attached hydrogens (tertiary/aromatic N) is 2. The SMILES string of the molecule is COc1cccc(CC(=O)N2CCN(c3ccc(Cl)cc3Cl)C(c3ccc(Cl)cc3)C2)c1OC. The second-order valence-electron chi connectivity index (χ2n) is 8.03. The van der Waals surface area contributed by atoms with Gasteiger partial charge in [-0.25, -0.2) is 0 Å². The van der Waals surface area contributed by atoms with Crippen LogP contribution in [0.4, 0.5) is 5.69 Å². The molecular formula is C26H25Cl3N2O3. The van der Waals surface area contributed by atoms with Gasteiger partial charge in [-0.05, 0) is 42.0 Å². The van der Waals surface area contributed by atoms with Gasteiger partial charge in [0.1, 0.15) is 0 Å². The van der Waals surface area contributed by atoms with Gasteiger partial charge in [0.2, 0.25) is 5.91 Å². The summed E-state index contributed by atoms with van der Waals surface area (Å²) in [6.45, 7) is 1.69. The molecule has 0 bridgehead atoms. The molecule has 0 saturated carbocycles. The Morgan fingerprint density at radius 3 is 2.35 bits per heavy atom. The largest absolute Gasteiger partial charge is 0.493 e. The van der Waals surface area contributed by atoms with E-state index in [1.54, 1.807) is 20.3 Å². The molecule has 178 valence electrons. The summed E-state index contributed by atoms with van der Waals surface area (Å²) in [6.07, 6.45) is 0.218. The maximum Gasteiger partial charge on any atom is 0.227 e. The number of carbonyl (C=O) groups is 1. The molecule has 1 aliphatic rings. The van der Waals surface area contributed by atoms with Crippen LogP contribution in [0.1, 0.15) is 17.2 Å². The van der Waals surface area contributed by atoms with Gasteiger partial charge in [-0.2, -0.15) is 0 Å². The van der Waals surface area contributed by atoms with Crippen molar-refractivity contribution in [2.75, 3.05) is 38.8 Å². The summed E-state index contributed by atoms with van der Waals surface area (Å²) in [5.74, 6) is 1.21. The number of hydrogen-bond donors (Lipinski definition) is 0. The number of para-hydroxylation sites is 1. The van der Waals surface area contributed by atoms with E-state index in [0.717, 1.165) is 16.8 Å². The summed E-state index contributed by atoms with van der Waals surface area (Å²) >= 11 is 18.8. The van der Waals surface area contributed by atoms with Crippen LogP contribution in [-0.4, -0.2) is 44.7 Å². The predicted octanol–water partition coefficient (Wildman–Crippen LogP) is 6.30. The first-order valence-corrected chi connectivity index (χ1v) is 12.0. The number of amides is 1. The molecule has 1 aliphatic heterocycles. The van der Waals surface area contributed by atoms with E-state index in [9.17, 15) is 4.79 Å². The first-order valence-electron chi connectivity index (χ1n) is 10.9. The lowest BCUT2D eigenvalue weighted by molar-refractivity contribution is -0.131. The van der Waals surface area contributed by atoms with Crippen molar-refractivity contribution in [2.24, 2.45) is 0 Å². The highest BCUT2D eigenvalue weighted by Crippen LogP contribution is 2.37. The standard InChI is InChI=1S/C26H25Cl3N2O3/c1-33-24-5-3-4-18(26(24)34-2)14-25(32)30-12-13-31(22-11-10-20(28)15-21(22)29)23(16-30)17-6-8-19(27)9-7-17/h3-11,15,23H,12-14,16H2,1-2H3. The zero-order valence-corrected chi connectivity index (χ0v) is 21.2. The summed E-state index contributed by atoms with van der Waals surface area (Å²) in [6, 6.07) is 18.7. The molecule has 1 atom stereocenters. The second-order valence-corrected chi connectivity index (χ2v) is 9.31. The highest BCUT2D eigenvalue weighted by Gasteiger charge is 2.32. The lowest BCUT2D eigenvalue weighted by Gasteiger charge is -2.43. The minimum atomic E-state index is -0.0964. The molecule has 0 spiro atoms. The molecule has 1 fully saturated rings. The fraction of sp³-hybridized carbons (Fsp3) is 0.269. The van der Waals surface area contributed by atoms with Crippen LogP contribution < -0.4 is 14.4 Å². The summed E-state index contributed by atoms with van der Waals surface area (Å²) in [7, 11) is 3.16. The van der Waals surface area contributed by atoms with Crippen LogP contribution in [0.2, 0.25) is 15.1 Å². The Kier molecular flexibility index (Phi) is 7.77. The van der Waals surface area contributed by atoms with E-state index in [4.69, 9.17) is 44.3 Å². The number of anilines is 1. The topological polar surface area (TPSA) is 42.0 Å². The van der Waals surface area contributed by atoms with Gasteiger partial charge in [-0.15, -0.1) is 0 Å². The van der Waals surface area contributed by atoms with Crippen molar-refractivity contribution in [1.29, 1.82) is 0 Å². The molecule has 1 unspecified atom stereocenters. The van der Waals surface area contributed by atoms with Gasteiger partial charge in [0.15, 0.2) is 11.5 Å². The average molecular weight is 520 g/mol. The number of carbonyl (C=O) groups excluding carboxylic acids is 1.